The Kier molecular flexibility index (Phi) is 4.03. The predicted molar refractivity (Wildman–Crippen MR) is 63.1 cm³/mol. The standard InChI is InChI=1S/C11H12N2O3S/c14-6-5-8-1-3-9(4-2-8)16-11-13-12-10(7-15)17-11/h1-4,14-15H,5-7H2. The van der Waals surface area contributed by atoms with Gasteiger partial charge in [0.15, 0.2) is 0 Å². The smallest absolute Gasteiger partial charge is 0.299 e. The molecule has 1 aromatic heterocycles. The zero-order valence-electron chi connectivity index (χ0n) is 9.04. The zero-order chi connectivity index (χ0) is 12.1. The van der Waals surface area contributed by atoms with E-state index in [1.807, 2.05) is 24.3 Å². The van der Waals surface area contributed by atoms with Gasteiger partial charge in [0.1, 0.15) is 10.8 Å². The van der Waals surface area contributed by atoms with Crippen molar-refractivity contribution in [2.24, 2.45) is 0 Å². The fourth-order valence-electron chi connectivity index (χ4n) is 1.30. The number of aromatic nitrogens is 2. The van der Waals surface area contributed by atoms with Crippen molar-refractivity contribution in [1.82, 2.24) is 10.2 Å². The Hall–Kier alpha value is -1.50. The van der Waals surface area contributed by atoms with Gasteiger partial charge in [-0.25, -0.2) is 0 Å². The summed E-state index contributed by atoms with van der Waals surface area (Å²) in [5, 5.41) is 26.1. The van der Waals surface area contributed by atoms with Crippen LogP contribution in [-0.2, 0) is 13.0 Å². The van der Waals surface area contributed by atoms with Crippen molar-refractivity contribution in [3.8, 4) is 10.9 Å². The van der Waals surface area contributed by atoms with Gasteiger partial charge in [0.25, 0.3) is 5.19 Å². The molecule has 0 amide bonds. The Bertz CT molecular complexity index is 470. The Balaban J connectivity index is 2.03. The minimum absolute atomic E-state index is 0.129. The lowest BCUT2D eigenvalue weighted by molar-refractivity contribution is 0.280. The van der Waals surface area contributed by atoms with Crippen LogP contribution in [0.3, 0.4) is 0 Å². The second-order valence-corrected chi connectivity index (χ2v) is 4.36. The molecular weight excluding hydrogens is 240 g/mol. The molecule has 2 aromatic rings. The SMILES string of the molecule is OCCc1ccc(Oc2nnc(CO)s2)cc1. The monoisotopic (exact) mass is 252 g/mol. The van der Waals surface area contributed by atoms with Gasteiger partial charge in [0, 0.05) is 6.61 Å². The van der Waals surface area contributed by atoms with Crippen molar-refractivity contribution in [3.63, 3.8) is 0 Å². The summed E-state index contributed by atoms with van der Waals surface area (Å²) < 4.78 is 5.47. The third-order valence-corrected chi connectivity index (χ3v) is 2.90. The van der Waals surface area contributed by atoms with Crippen LogP contribution in [0, 0.1) is 0 Å². The van der Waals surface area contributed by atoms with E-state index in [0.717, 1.165) is 5.56 Å². The second kappa shape index (κ2) is 5.72. The summed E-state index contributed by atoms with van der Waals surface area (Å²) in [5.74, 6) is 0.660. The van der Waals surface area contributed by atoms with Crippen LogP contribution in [0.5, 0.6) is 10.9 Å². The van der Waals surface area contributed by atoms with E-state index in [1.165, 1.54) is 11.3 Å². The molecule has 0 fully saturated rings. The van der Waals surface area contributed by atoms with Gasteiger partial charge in [-0.05, 0) is 24.1 Å². The first-order valence-electron chi connectivity index (χ1n) is 5.12. The van der Waals surface area contributed by atoms with Crippen molar-refractivity contribution in [3.05, 3.63) is 34.8 Å². The molecule has 0 spiro atoms. The molecule has 1 aromatic carbocycles. The molecule has 1 heterocycles. The molecular formula is C11H12N2O3S. The molecule has 0 radical (unpaired) electrons. The number of hydrogen-bond acceptors (Lipinski definition) is 6. The predicted octanol–water partition coefficient (Wildman–Crippen LogP) is 1.36. The van der Waals surface area contributed by atoms with Crippen LogP contribution in [0.4, 0.5) is 0 Å². The highest BCUT2D eigenvalue weighted by atomic mass is 32.1. The number of aliphatic hydroxyl groups excluding tert-OH is 2. The summed E-state index contributed by atoms with van der Waals surface area (Å²) in [4.78, 5) is 0. The van der Waals surface area contributed by atoms with E-state index in [9.17, 15) is 0 Å². The first kappa shape index (κ1) is 12.0. The van der Waals surface area contributed by atoms with Gasteiger partial charge in [-0.3, -0.25) is 0 Å². The Morgan fingerprint density at radius 2 is 1.88 bits per heavy atom. The van der Waals surface area contributed by atoms with Crippen molar-refractivity contribution in [2.75, 3.05) is 6.61 Å². The van der Waals surface area contributed by atoms with Gasteiger partial charge in [-0.15, -0.1) is 5.10 Å². The van der Waals surface area contributed by atoms with E-state index in [0.29, 0.717) is 22.4 Å². The Labute approximate surface area is 102 Å². The summed E-state index contributed by atoms with van der Waals surface area (Å²) in [7, 11) is 0. The lowest BCUT2D eigenvalue weighted by Gasteiger charge is -2.02. The van der Waals surface area contributed by atoms with E-state index >= 15 is 0 Å². The molecule has 0 saturated heterocycles. The molecule has 17 heavy (non-hydrogen) atoms. The van der Waals surface area contributed by atoms with Gasteiger partial charge >= 0.3 is 0 Å². The van der Waals surface area contributed by atoms with Crippen molar-refractivity contribution < 1.29 is 14.9 Å². The largest absolute Gasteiger partial charge is 0.430 e. The van der Waals surface area contributed by atoms with Crippen molar-refractivity contribution in [1.29, 1.82) is 0 Å². The highest BCUT2D eigenvalue weighted by molar-refractivity contribution is 7.13. The quantitative estimate of drug-likeness (QED) is 0.840. The molecule has 2 N–H and O–H groups in total. The topological polar surface area (TPSA) is 75.5 Å². The molecule has 0 bridgehead atoms. The number of rotatable bonds is 5. The molecule has 0 aliphatic heterocycles. The molecule has 0 atom stereocenters. The summed E-state index contributed by atoms with van der Waals surface area (Å²) in [6, 6.07) is 7.40. The lowest BCUT2D eigenvalue weighted by atomic mass is 10.1. The number of ether oxygens (including phenoxy) is 1. The van der Waals surface area contributed by atoms with Gasteiger partial charge in [0.2, 0.25) is 0 Å². The van der Waals surface area contributed by atoms with Crippen LogP contribution in [-0.4, -0.2) is 27.0 Å². The van der Waals surface area contributed by atoms with Crippen molar-refractivity contribution >= 4 is 11.3 Å². The molecule has 5 nitrogen and oxygen atoms in total. The maximum absolute atomic E-state index is 8.84. The van der Waals surface area contributed by atoms with Crippen LogP contribution >= 0.6 is 11.3 Å². The number of benzene rings is 1. The van der Waals surface area contributed by atoms with E-state index < -0.39 is 0 Å². The maximum atomic E-state index is 8.84. The van der Waals surface area contributed by atoms with E-state index in [-0.39, 0.29) is 13.2 Å². The zero-order valence-corrected chi connectivity index (χ0v) is 9.85. The van der Waals surface area contributed by atoms with E-state index in [4.69, 9.17) is 14.9 Å². The summed E-state index contributed by atoms with van der Waals surface area (Å²) in [6.45, 7) is 0.00687. The number of nitrogens with zero attached hydrogens (tertiary/aromatic N) is 2. The average Bonchev–Trinajstić information content (AvgIpc) is 2.80. The van der Waals surface area contributed by atoms with Crippen LogP contribution in [0.15, 0.2) is 24.3 Å². The highest BCUT2D eigenvalue weighted by Gasteiger charge is 2.05. The minimum atomic E-state index is -0.129. The van der Waals surface area contributed by atoms with Crippen molar-refractivity contribution in [2.45, 2.75) is 13.0 Å². The van der Waals surface area contributed by atoms with E-state index in [2.05, 4.69) is 10.2 Å². The molecule has 0 saturated carbocycles. The van der Waals surface area contributed by atoms with Crippen LogP contribution < -0.4 is 4.74 Å². The molecule has 0 unspecified atom stereocenters. The highest BCUT2D eigenvalue weighted by Crippen LogP contribution is 2.25. The van der Waals surface area contributed by atoms with Crippen LogP contribution in [0.2, 0.25) is 0 Å². The first-order chi connectivity index (χ1) is 8.31. The second-order valence-electron chi connectivity index (χ2n) is 3.34. The molecule has 90 valence electrons. The minimum Gasteiger partial charge on any atom is -0.430 e. The fraction of sp³-hybridized carbons (Fsp3) is 0.273. The lowest BCUT2D eigenvalue weighted by Crippen LogP contribution is -1.90. The summed E-state index contributed by atoms with van der Waals surface area (Å²) >= 11 is 1.21. The number of hydrogen-bond donors (Lipinski definition) is 2. The normalized spacial score (nSPS) is 10.5. The first-order valence-corrected chi connectivity index (χ1v) is 5.94. The molecule has 0 aliphatic rings. The third-order valence-electron chi connectivity index (χ3n) is 2.11. The Morgan fingerprint density at radius 3 is 2.47 bits per heavy atom. The third kappa shape index (κ3) is 3.23. The summed E-state index contributed by atoms with van der Waals surface area (Å²) in [6.07, 6.45) is 0.633. The van der Waals surface area contributed by atoms with Crippen LogP contribution in [0.25, 0.3) is 0 Å². The molecule has 0 aliphatic carbocycles. The van der Waals surface area contributed by atoms with E-state index in [1.54, 1.807) is 0 Å². The fourth-order valence-corrected chi connectivity index (χ4v) is 1.86. The molecule has 6 heteroatoms. The molecule has 2 rings (SSSR count). The van der Waals surface area contributed by atoms with Crippen LogP contribution in [0.1, 0.15) is 10.6 Å². The van der Waals surface area contributed by atoms with Gasteiger partial charge in [-0.1, -0.05) is 28.6 Å². The average molecular weight is 252 g/mol. The Morgan fingerprint density at radius 1 is 1.12 bits per heavy atom. The number of aliphatic hydroxyl groups is 2. The van der Waals surface area contributed by atoms with Gasteiger partial charge in [-0.2, -0.15) is 0 Å². The van der Waals surface area contributed by atoms with Gasteiger partial charge < -0.3 is 14.9 Å². The summed E-state index contributed by atoms with van der Waals surface area (Å²) in [5.41, 5.74) is 1.05. The maximum Gasteiger partial charge on any atom is 0.299 e. The van der Waals surface area contributed by atoms with Gasteiger partial charge in [0.05, 0.1) is 6.61 Å².